The molecule has 20 heavy (non-hydrogen) atoms. The molecule has 2 aromatic rings. The molecule has 0 saturated heterocycles. The van der Waals surface area contributed by atoms with Gasteiger partial charge in [-0.2, -0.15) is 0 Å². The molecule has 1 N–H and O–H groups in total. The van der Waals surface area contributed by atoms with Crippen molar-refractivity contribution in [3.8, 4) is 5.75 Å². The average molecular weight is 359 g/mol. The minimum absolute atomic E-state index is 0.341. The highest BCUT2D eigenvalue weighted by Gasteiger charge is 2.14. The molecule has 0 radical (unpaired) electrons. The first-order valence-corrected chi connectivity index (χ1v) is 6.78. The van der Waals surface area contributed by atoms with Crippen molar-refractivity contribution >= 4 is 39.1 Å². The molecule has 0 unspecified atom stereocenters. The summed E-state index contributed by atoms with van der Waals surface area (Å²) in [6, 6.07) is 8.72. The van der Waals surface area contributed by atoms with Gasteiger partial charge in [0.1, 0.15) is 11.6 Å². The fourth-order valence-corrected chi connectivity index (χ4v) is 2.25. The molecule has 2 aromatic carbocycles. The van der Waals surface area contributed by atoms with E-state index in [9.17, 15) is 9.18 Å². The second-order valence-electron chi connectivity index (χ2n) is 3.92. The first-order valence-electron chi connectivity index (χ1n) is 5.61. The number of amides is 1. The van der Waals surface area contributed by atoms with E-state index in [-0.39, 0.29) is 11.7 Å². The predicted octanol–water partition coefficient (Wildman–Crippen LogP) is 4.50. The van der Waals surface area contributed by atoms with Crippen LogP contribution in [0.5, 0.6) is 5.75 Å². The Kier molecular flexibility index (Phi) is 4.62. The van der Waals surface area contributed by atoms with Crippen LogP contribution in [0.2, 0.25) is 5.02 Å². The Morgan fingerprint density at radius 3 is 2.70 bits per heavy atom. The van der Waals surface area contributed by atoms with Crippen LogP contribution in [0.3, 0.4) is 0 Å². The zero-order valence-corrected chi connectivity index (χ0v) is 12.8. The van der Waals surface area contributed by atoms with Gasteiger partial charge < -0.3 is 10.1 Å². The second kappa shape index (κ2) is 6.24. The van der Waals surface area contributed by atoms with Gasteiger partial charge in [0.25, 0.3) is 5.91 Å². The van der Waals surface area contributed by atoms with Crippen molar-refractivity contribution in [2.75, 3.05) is 12.4 Å². The number of rotatable bonds is 3. The van der Waals surface area contributed by atoms with Crippen molar-refractivity contribution in [1.29, 1.82) is 0 Å². The van der Waals surface area contributed by atoms with Crippen LogP contribution in [-0.2, 0) is 0 Å². The number of hydrogen-bond donors (Lipinski definition) is 1. The number of benzene rings is 2. The van der Waals surface area contributed by atoms with Crippen molar-refractivity contribution in [3.63, 3.8) is 0 Å². The van der Waals surface area contributed by atoms with Crippen LogP contribution in [0.25, 0.3) is 0 Å². The molecule has 0 aromatic heterocycles. The van der Waals surface area contributed by atoms with Crippen LogP contribution in [0.1, 0.15) is 10.4 Å². The van der Waals surface area contributed by atoms with Gasteiger partial charge in [0, 0.05) is 9.50 Å². The summed E-state index contributed by atoms with van der Waals surface area (Å²) < 4.78 is 18.6. The van der Waals surface area contributed by atoms with E-state index >= 15 is 0 Å². The number of carbonyl (C=O) groups is 1. The van der Waals surface area contributed by atoms with Crippen LogP contribution >= 0.6 is 27.5 Å². The SMILES string of the molecule is COc1cc(Cl)ccc1C(=O)Nc1ccc(F)cc1Br. The van der Waals surface area contributed by atoms with E-state index in [1.165, 1.54) is 25.3 Å². The van der Waals surface area contributed by atoms with Crippen molar-refractivity contribution in [1.82, 2.24) is 0 Å². The van der Waals surface area contributed by atoms with Gasteiger partial charge in [0.15, 0.2) is 0 Å². The molecule has 0 aliphatic carbocycles. The molecule has 0 aliphatic heterocycles. The topological polar surface area (TPSA) is 38.3 Å². The van der Waals surface area contributed by atoms with E-state index in [1.54, 1.807) is 18.2 Å². The fraction of sp³-hybridized carbons (Fsp3) is 0.0714. The molecule has 0 spiro atoms. The standard InChI is InChI=1S/C14H10BrClFNO2/c1-20-13-6-8(16)2-4-10(13)14(19)18-12-5-3-9(17)7-11(12)15/h2-7H,1H3,(H,18,19). The highest BCUT2D eigenvalue weighted by molar-refractivity contribution is 9.10. The third-order valence-corrected chi connectivity index (χ3v) is 3.48. The van der Waals surface area contributed by atoms with Gasteiger partial charge in [-0.25, -0.2) is 4.39 Å². The minimum atomic E-state index is -0.390. The predicted molar refractivity (Wildman–Crippen MR) is 80.1 cm³/mol. The van der Waals surface area contributed by atoms with E-state index < -0.39 is 0 Å². The number of carbonyl (C=O) groups excluding carboxylic acids is 1. The molecule has 0 heterocycles. The van der Waals surface area contributed by atoms with Gasteiger partial charge in [0.2, 0.25) is 0 Å². The molecular weight excluding hydrogens is 349 g/mol. The lowest BCUT2D eigenvalue weighted by Crippen LogP contribution is -2.13. The van der Waals surface area contributed by atoms with E-state index in [1.807, 2.05) is 0 Å². The summed E-state index contributed by atoms with van der Waals surface area (Å²) in [7, 11) is 1.45. The summed E-state index contributed by atoms with van der Waals surface area (Å²) in [5, 5.41) is 3.15. The van der Waals surface area contributed by atoms with Crippen molar-refractivity contribution in [2.24, 2.45) is 0 Å². The van der Waals surface area contributed by atoms with Gasteiger partial charge in [0.05, 0.1) is 18.4 Å². The molecule has 0 atom stereocenters. The lowest BCUT2D eigenvalue weighted by molar-refractivity contribution is 0.102. The Labute approximate surface area is 128 Å². The molecular formula is C14H10BrClFNO2. The Hall–Kier alpha value is -1.59. The maximum atomic E-state index is 13.0. The number of hydrogen-bond acceptors (Lipinski definition) is 2. The van der Waals surface area contributed by atoms with Crippen molar-refractivity contribution < 1.29 is 13.9 Å². The van der Waals surface area contributed by atoms with Crippen LogP contribution in [0.15, 0.2) is 40.9 Å². The molecule has 0 saturated carbocycles. The van der Waals surface area contributed by atoms with Crippen molar-refractivity contribution in [3.05, 3.63) is 57.3 Å². The Bertz CT molecular complexity index is 664. The van der Waals surface area contributed by atoms with E-state index in [2.05, 4.69) is 21.2 Å². The summed E-state index contributed by atoms with van der Waals surface area (Å²) in [5.74, 6) is -0.391. The lowest BCUT2D eigenvalue weighted by Gasteiger charge is -2.10. The highest BCUT2D eigenvalue weighted by atomic mass is 79.9. The second-order valence-corrected chi connectivity index (χ2v) is 5.21. The third kappa shape index (κ3) is 3.29. The Morgan fingerprint density at radius 2 is 2.05 bits per heavy atom. The molecule has 104 valence electrons. The largest absolute Gasteiger partial charge is 0.496 e. The average Bonchev–Trinajstić information content (AvgIpc) is 2.41. The summed E-state index contributed by atoms with van der Waals surface area (Å²) in [6.07, 6.45) is 0. The van der Waals surface area contributed by atoms with Crippen LogP contribution in [0, 0.1) is 5.82 Å². The van der Waals surface area contributed by atoms with Crippen molar-refractivity contribution in [2.45, 2.75) is 0 Å². The van der Waals surface area contributed by atoms with Crippen LogP contribution in [-0.4, -0.2) is 13.0 Å². The molecule has 0 aliphatic rings. The molecule has 6 heteroatoms. The Morgan fingerprint density at radius 1 is 1.30 bits per heavy atom. The molecule has 1 amide bonds. The highest BCUT2D eigenvalue weighted by Crippen LogP contribution is 2.27. The zero-order chi connectivity index (χ0) is 14.7. The normalized spacial score (nSPS) is 10.2. The first-order chi connectivity index (χ1) is 9.51. The number of halogens is 3. The van der Waals surface area contributed by atoms with Crippen LogP contribution in [0.4, 0.5) is 10.1 Å². The molecule has 3 nitrogen and oxygen atoms in total. The summed E-state index contributed by atoms with van der Waals surface area (Å²) in [5.41, 5.74) is 0.807. The van der Waals surface area contributed by atoms with E-state index in [0.29, 0.717) is 26.5 Å². The van der Waals surface area contributed by atoms with Gasteiger partial charge >= 0.3 is 0 Å². The number of anilines is 1. The monoisotopic (exact) mass is 357 g/mol. The number of methoxy groups -OCH3 is 1. The number of nitrogens with one attached hydrogen (secondary N) is 1. The minimum Gasteiger partial charge on any atom is -0.496 e. The Balaban J connectivity index is 2.28. The first kappa shape index (κ1) is 14.8. The van der Waals surface area contributed by atoms with E-state index in [0.717, 1.165) is 0 Å². The summed E-state index contributed by atoms with van der Waals surface area (Å²) in [4.78, 5) is 12.2. The lowest BCUT2D eigenvalue weighted by atomic mass is 10.2. The van der Waals surface area contributed by atoms with Gasteiger partial charge in [-0.1, -0.05) is 11.6 Å². The van der Waals surface area contributed by atoms with Gasteiger partial charge in [-0.05, 0) is 52.3 Å². The number of ether oxygens (including phenoxy) is 1. The molecule has 2 rings (SSSR count). The van der Waals surface area contributed by atoms with Gasteiger partial charge in [-0.3, -0.25) is 4.79 Å². The fourth-order valence-electron chi connectivity index (χ4n) is 1.63. The zero-order valence-electron chi connectivity index (χ0n) is 10.4. The molecule has 0 bridgehead atoms. The quantitative estimate of drug-likeness (QED) is 0.877. The summed E-state index contributed by atoms with van der Waals surface area (Å²) >= 11 is 9.03. The van der Waals surface area contributed by atoms with E-state index in [4.69, 9.17) is 16.3 Å². The third-order valence-electron chi connectivity index (χ3n) is 2.59. The van der Waals surface area contributed by atoms with Crippen LogP contribution < -0.4 is 10.1 Å². The maximum Gasteiger partial charge on any atom is 0.259 e. The van der Waals surface area contributed by atoms with Gasteiger partial charge in [-0.15, -0.1) is 0 Å². The smallest absolute Gasteiger partial charge is 0.259 e. The maximum absolute atomic E-state index is 13.0. The molecule has 0 fully saturated rings. The summed E-state index contributed by atoms with van der Waals surface area (Å²) in [6.45, 7) is 0.